The molecule has 0 spiro atoms. The normalized spacial score (nSPS) is 20.6. The summed E-state index contributed by atoms with van der Waals surface area (Å²) in [5.74, 6) is 0.108. The Hall–Kier alpha value is -1.04. The van der Waals surface area contributed by atoms with Crippen LogP contribution in [-0.2, 0) is 14.4 Å². The maximum absolute atomic E-state index is 12.2. The number of nitrogens with zero attached hydrogens (tertiary/aromatic N) is 1. The van der Waals surface area contributed by atoms with Crippen LogP contribution in [0.4, 0.5) is 0 Å². The molecule has 0 unspecified atom stereocenters. The van der Waals surface area contributed by atoms with E-state index in [0.717, 1.165) is 24.6 Å². The topological polar surface area (TPSA) is 66.5 Å². The molecule has 1 rings (SSSR count). The van der Waals surface area contributed by atoms with Gasteiger partial charge in [0, 0.05) is 32.2 Å². The molecule has 2 atom stereocenters. The fourth-order valence-corrected chi connectivity index (χ4v) is 2.69. The van der Waals surface area contributed by atoms with E-state index in [1.54, 1.807) is 18.9 Å². The van der Waals surface area contributed by atoms with Crippen molar-refractivity contribution in [3.8, 4) is 0 Å². The number of nitrogens with one attached hydrogen (secondary N) is 1. The zero-order valence-electron chi connectivity index (χ0n) is 11.1. The second-order valence-electron chi connectivity index (χ2n) is 4.51. The minimum atomic E-state index is -0.340. The smallest absolute Gasteiger partial charge is 0.242 e. The Balaban J connectivity index is 2.59. The summed E-state index contributed by atoms with van der Waals surface area (Å²) < 4.78 is 0. The van der Waals surface area contributed by atoms with Gasteiger partial charge in [-0.05, 0) is 12.8 Å². The van der Waals surface area contributed by atoms with Crippen LogP contribution >= 0.6 is 11.8 Å². The maximum Gasteiger partial charge on any atom is 0.242 e. The highest BCUT2D eigenvalue weighted by atomic mass is 32.2. The van der Waals surface area contributed by atoms with Crippen LogP contribution in [0.25, 0.3) is 0 Å². The van der Waals surface area contributed by atoms with Gasteiger partial charge in [-0.3, -0.25) is 14.4 Å². The van der Waals surface area contributed by atoms with Crippen molar-refractivity contribution in [2.75, 3.05) is 19.3 Å². The third-order valence-electron chi connectivity index (χ3n) is 3.04. The fourth-order valence-electron chi connectivity index (χ4n) is 2.07. The summed E-state index contributed by atoms with van der Waals surface area (Å²) in [6.45, 7) is 3.93. The molecule has 1 saturated heterocycles. The quantitative estimate of drug-likeness (QED) is 0.815. The van der Waals surface area contributed by atoms with Crippen LogP contribution in [0.5, 0.6) is 0 Å². The largest absolute Gasteiger partial charge is 0.357 e. The van der Waals surface area contributed by atoms with Crippen molar-refractivity contribution in [2.24, 2.45) is 5.92 Å². The summed E-state index contributed by atoms with van der Waals surface area (Å²) in [4.78, 5) is 36.4. The molecule has 0 bridgehead atoms. The zero-order valence-corrected chi connectivity index (χ0v) is 11.9. The maximum atomic E-state index is 12.2. The van der Waals surface area contributed by atoms with Crippen molar-refractivity contribution >= 4 is 28.7 Å². The predicted molar refractivity (Wildman–Crippen MR) is 71.1 cm³/mol. The third kappa shape index (κ3) is 3.73. The zero-order chi connectivity index (χ0) is 13.7. The lowest BCUT2D eigenvalue weighted by molar-refractivity contribution is -0.140. The van der Waals surface area contributed by atoms with E-state index < -0.39 is 0 Å². The molecule has 1 aliphatic rings. The highest BCUT2D eigenvalue weighted by Crippen LogP contribution is 2.21. The van der Waals surface area contributed by atoms with Gasteiger partial charge in [-0.15, -0.1) is 0 Å². The molecule has 0 radical (unpaired) electrons. The number of hydrogen-bond acceptors (Lipinski definition) is 4. The second-order valence-corrected chi connectivity index (χ2v) is 5.70. The molecule has 102 valence electrons. The molecule has 2 amide bonds. The van der Waals surface area contributed by atoms with Crippen LogP contribution in [0, 0.1) is 5.92 Å². The van der Waals surface area contributed by atoms with Gasteiger partial charge in [-0.2, -0.15) is 0 Å². The number of hydrogen-bond donors (Lipinski definition) is 1. The van der Waals surface area contributed by atoms with Gasteiger partial charge in [0.2, 0.25) is 11.8 Å². The molecular weight excluding hydrogens is 252 g/mol. The third-order valence-corrected chi connectivity index (χ3v) is 4.12. The molecule has 1 aliphatic heterocycles. The summed E-state index contributed by atoms with van der Waals surface area (Å²) in [5.41, 5.74) is 0. The Labute approximate surface area is 112 Å². The summed E-state index contributed by atoms with van der Waals surface area (Å²) in [5, 5.41) is 2.60. The SMILES string of the molecule is CNC(=O)[C@@H]1CCCN1C(=O)[C@@H](C)CSC(C)=O. The average Bonchev–Trinajstić information content (AvgIpc) is 2.82. The molecule has 0 aliphatic carbocycles. The Bertz CT molecular complexity index is 346. The molecule has 1 fully saturated rings. The number of likely N-dealkylation sites (N-methyl/N-ethyl adjacent to an activating group) is 1. The summed E-state index contributed by atoms with van der Waals surface area (Å²) in [6, 6.07) is -0.340. The van der Waals surface area contributed by atoms with Crippen LogP contribution in [0.3, 0.4) is 0 Å². The van der Waals surface area contributed by atoms with Gasteiger partial charge in [-0.25, -0.2) is 0 Å². The van der Waals surface area contributed by atoms with Crippen molar-refractivity contribution in [3.63, 3.8) is 0 Å². The molecule has 1 heterocycles. The molecule has 6 heteroatoms. The number of carbonyl (C=O) groups excluding carboxylic acids is 3. The van der Waals surface area contributed by atoms with Gasteiger partial charge >= 0.3 is 0 Å². The molecular formula is C12H20N2O3S. The Morgan fingerprint density at radius 3 is 2.67 bits per heavy atom. The molecule has 0 saturated carbocycles. The first-order valence-corrected chi connectivity index (χ1v) is 7.11. The molecule has 5 nitrogen and oxygen atoms in total. The monoisotopic (exact) mass is 272 g/mol. The number of thioether (sulfide) groups is 1. The van der Waals surface area contributed by atoms with E-state index in [9.17, 15) is 14.4 Å². The summed E-state index contributed by atoms with van der Waals surface area (Å²) in [6.07, 6.45) is 1.58. The molecule has 18 heavy (non-hydrogen) atoms. The van der Waals surface area contributed by atoms with Crippen LogP contribution in [0.15, 0.2) is 0 Å². The minimum absolute atomic E-state index is 0.0129. The Kier molecular flexibility index (Phi) is 5.65. The second kappa shape index (κ2) is 6.78. The highest BCUT2D eigenvalue weighted by molar-refractivity contribution is 8.13. The predicted octanol–water partition coefficient (Wildman–Crippen LogP) is 0.639. The molecule has 1 N–H and O–H groups in total. The fraction of sp³-hybridized carbons (Fsp3) is 0.750. The van der Waals surface area contributed by atoms with Gasteiger partial charge < -0.3 is 10.2 Å². The van der Waals surface area contributed by atoms with E-state index in [2.05, 4.69) is 5.32 Å². The standard InChI is InChI=1S/C12H20N2O3S/c1-8(7-18-9(2)15)12(17)14-6-4-5-10(14)11(16)13-3/h8,10H,4-7H2,1-3H3,(H,13,16)/t8-,10-/m0/s1. The van der Waals surface area contributed by atoms with E-state index in [4.69, 9.17) is 0 Å². The van der Waals surface area contributed by atoms with Gasteiger partial charge in [0.15, 0.2) is 5.12 Å². The lowest BCUT2D eigenvalue weighted by Gasteiger charge is -2.26. The molecule has 0 aromatic rings. The van der Waals surface area contributed by atoms with Crippen molar-refractivity contribution in [2.45, 2.75) is 32.7 Å². The number of amides is 2. The molecule has 0 aromatic carbocycles. The van der Waals surface area contributed by atoms with Crippen LogP contribution in [-0.4, -0.2) is 47.2 Å². The van der Waals surface area contributed by atoms with Crippen molar-refractivity contribution in [1.82, 2.24) is 10.2 Å². The van der Waals surface area contributed by atoms with E-state index in [-0.39, 0.29) is 28.9 Å². The van der Waals surface area contributed by atoms with E-state index >= 15 is 0 Å². The Morgan fingerprint density at radius 1 is 1.44 bits per heavy atom. The van der Waals surface area contributed by atoms with Gasteiger partial charge in [0.05, 0.1) is 0 Å². The average molecular weight is 272 g/mol. The van der Waals surface area contributed by atoms with Gasteiger partial charge in [0.1, 0.15) is 6.04 Å². The van der Waals surface area contributed by atoms with Crippen molar-refractivity contribution in [3.05, 3.63) is 0 Å². The Morgan fingerprint density at radius 2 is 2.11 bits per heavy atom. The minimum Gasteiger partial charge on any atom is -0.357 e. The molecule has 0 aromatic heterocycles. The lowest BCUT2D eigenvalue weighted by atomic mass is 10.1. The van der Waals surface area contributed by atoms with Crippen LogP contribution in [0.1, 0.15) is 26.7 Å². The first-order valence-electron chi connectivity index (χ1n) is 6.12. The number of rotatable bonds is 4. The van der Waals surface area contributed by atoms with E-state index in [1.165, 1.54) is 6.92 Å². The first-order chi connectivity index (χ1) is 8.47. The lowest BCUT2D eigenvalue weighted by Crippen LogP contribution is -2.47. The van der Waals surface area contributed by atoms with Gasteiger partial charge in [-0.1, -0.05) is 18.7 Å². The first kappa shape index (κ1) is 15.0. The van der Waals surface area contributed by atoms with Crippen LogP contribution in [0.2, 0.25) is 0 Å². The van der Waals surface area contributed by atoms with Crippen molar-refractivity contribution in [1.29, 1.82) is 0 Å². The van der Waals surface area contributed by atoms with Gasteiger partial charge in [0.25, 0.3) is 0 Å². The van der Waals surface area contributed by atoms with E-state index in [0.29, 0.717) is 12.3 Å². The van der Waals surface area contributed by atoms with E-state index in [1.807, 2.05) is 0 Å². The summed E-state index contributed by atoms with van der Waals surface area (Å²) >= 11 is 1.15. The van der Waals surface area contributed by atoms with Crippen molar-refractivity contribution < 1.29 is 14.4 Å². The number of carbonyl (C=O) groups is 3. The number of likely N-dealkylation sites (tertiary alicyclic amines) is 1. The van der Waals surface area contributed by atoms with Crippen LogP contribution < -0.4 is 5.32 Å². The summed E-state index contributed by atoms with van der Waals surface area (Å²) in [7, 11) is 1.58. The highest BCUT2D eigenvalue weighted by Gasteiger charge is 2.35.